The fourth-order valence-electron chi connectivity index (χ4n) is 1.58. The molecule has 0 aliphatic carbocycles. The number of sulfonamides is 1. The second kappa shape index (κ2) is 6.42. The van der Waals surface area contributed by atoms with E-state index in [-0.39, 0.29) is 12.2 Å². The van der Waals surface area contributed by atoms with E-state index in [9.17, 15) is 23.0 Å². The van der Waals surface area contributed by atoms with Crippen LogP contribution in [0.4, 0.5) is 4.39 Å². The zero-order valence-electron chi connectivity index (χ0n) is 10.6. The Hall–Kier alpha value is -1.02. The topological polar surface area (TPSA) is 86.6 Å². The quantitative estimate of drug-likeness (QED) is 0.678. The van der Waals surface area contributed by atoms with Crippen molar-refractivity contribution >= 4 is 10.0 Å². The first-order valence-electron chi connectivity index (χ1n) is 5.84. The molecule has 0 aliphatic rings. The average molecular weight is 291 g/mol. The van der Waals surface area contributed by atoms with Gasteiger partial charge >= 0.3 is 0 Å². The molecule has 5 nitrogen and oxygen atoms in total. The maximum absolute atomic E-state index is 12.7. The lowest BCUT2D eigenvalue weighted by Crippen LogP contribution is -2.53. The molecule has 0 aromatic heterocycles. The van der Waals surface area contributed by atoms with Gasteiger partial charge in [-0.2, -0.15) is 0 Å². The van der Waals surface area contributed by atoms with Crippen molar-refractivity contribution in [3.05, 3.63) is 35.6 Å². The Balaban J connectivity index is 2.84. The van der Waals surface area contributed by atoms with Crippen LogP contribution in [0.25, 0.3) is 0 Å². The maximum Gasteiger partial charge on any atom is 0.216 e. The Labute approximate surface area is 112 Å². The lowest BCUT2D eigenvalue weighted by molar-refractivity contribution is 0.105. The summed E-state index contributed by atoms with van der Waals surface area (Å²) in [6.07, 6.45) is 0.253. The molecular formula is C12H18FNO4S. The highest BCUT2D eigenvalue weighted by Crippen LogP contribution is 2.13. The highest BCUT2D eigenvalue weighted by atomic mass is 32.2. The lowest BCUT2D eigenvalue weighted by Gasteiger charge is -2.29. The van der Waals surface area contributed by atoms with Gasteiger partial charge in [0.1, 0.15) is 5.82 Å². The molecule has 108 valence electrons. The first-order chi connectivity index (χ1) is 8.86. The SMILES string of the molecule is CCC(CO)(CO)NS(=O)(=O)Cc1ccc(F)cc1. The number of benzene rings is 1. The van der Waals surface area contributed by atoms with Crippen molar-refractivity contribution in [2.75, 3.05) is 13.2 Å². The van der Waals surface area contributed by atoms with Crippen molar-refractivity contribution in [3.8, 4) is 0 Å². The van der Waals surface area contributed by atoms with Crippen molar-refractivity contribution in [2.24, 2.45) is 0 Å². The van der Waals surface area contributed by atoms with E-state index < -0.39 is 34.6 Å². The second-order valence-corrected chi connectivity index (χ2v) is 6.16. The van der Waals surface area contributed by atoms with Gasteiger partial charge < -0.3 is 10.2 Å². The van der Waals surface area contributed by atoms with E-state index in [0.29, 0.717) is 5.56 Å². The van der Waals surface area contributed by atoms with E-state index in [1.807, 2.05) is 0 Å². The first-order valence-corrected chi connectivity index (χ1v) is 7.49. The molecule has 0 radical (unpaired) electrons. The van der Waals surface area contributed by atoms with Gasteiger partial charge in [0.25, 0.3) is 0 Å². The number of aliphatic hydroxyl groups excluding tert-OH is 2. The summed E-state index contributed by atoms with van der Waals surface area (Å²) in [6.45, 7) is 0.665. The van der Waals surface area contributed by atoms with Gasteiger partial charge in [0.05, 0.1) is 24.5 Å². The minimum atomic E-state index is -3.73. The number of hydrogen-bond acceptors (Lipinski definition) is 4. The molecule has 0 saturated heterocycles. The summed E-state index contributed by atoms with van der Waals surface area (Å²) in [5.41, 5.74) is -0.839. The van der Waals surface area contributed by atoms with Crippen LogP contribution in [0.1, 0.15) is 18.9 Å². The highest BCUT2D eigenvalue weighted by Gasteiger charge is 2.31. The molecule has 0 amide bonds. The molecule has 1 rings (SSSR count). The van der Waals surface area contributed by atoms with Gasteiger partial charge in [0.15, 0.2) is 0 Å². The van der Waals surface area contributed by atoms with Gasteiger partial charge in [0.2, 0.25) is 10.0 Å². The summed E-state index contributed by atoms with van der Waals surface area (Å²) >= 11 is 0. The van der Waals surface area contributed by atoms with Crippen LogP contribution >= 0.6 is 0 Å². The van der Waals surface area contributed by atoms with Crippen LogP contribution in [0.5, 0.6) is 0 Å². The van der Waals surface area contributed by atoms with Crippen molar-refractivity contribution < 1.29 is 23.0 Å². The normalized spacial score (nSPS) is 12.6. The van der Waals surface area contributed by atoms with E-state index in [4.69, 9.17) is 0 Å². The van der Waals surface area contributed by atoms with Gasteiger partial charge in [-0.3, -0.25) is 0 Å². The van der Waals surface area contributed by atoms with Gasteiger partial charge in [-0.05, 0) is 24.1 Å². The molecule has 0 bridgehead atoms. The van der Waals surface area contributed by atoms with Crippen LogP contribution in [0, 0.1) is 5.82 Å². The standard InChI is InChI=1S/C12H18FNO4S/c1-2-12(8-15,9-16)14-19(17,18)7-10-3-5-11(13)6-4-10/h3-6,14-16H,2,7-9H2,1H3. The number of halogens is 1. The number of aliphatic hydroxyl groups is 2. The lowest BCUT2D eigenvalue weighted by atomic mass is 10.0. The van der Waals surface area contributed by atoms with Gasteiger partial charge in [-0.25, -0.2) is 17.5 Å². The molecular weight excluding hydrogens is 273 g/mol. The Bertz CT molecular complexity index is 489. The maximum atomic E-state index is 12.7. The highest BCUT2D eigenvalue weighted by molar-refractivity contribution is 7.88. The number of nitrogens with one attached hydrogen (secondary N) is 1. The van der Waals surface area contributed by atoms with Crippen LogP contribution in [0.3, 0.4) is 0 Å². The zero-order valence-corrected chi connectivity index (χ0v) is 11.5. The first kappa shape index (κ1) is 16.0. The Morgan fingerprint density at radius 2 is 1.74 bits per heavy atom. The van der Waals surface area contributed by atoms with Gasteiger partial charge in [-0.15, -0.1) is 0 Å². The minimum absolute atomic E-state index is 0.253. The van der Waals surface area contributed by atoms with Gasteiger partial charge in [0, 0.05) is 0 Å². The Kier molecular flexibility index (Phi) is 5.42. The van der Waals surface area contributed by atoms with E-state index in [1.165, 1.54) is 24.3 Å². The molecule has 3 N–H and O–H groups in total. The fourth-order valence-corrected chi connectivity index (χ4v) is 3.21. The Morgan fingerprint density at radius 1 is 1.21 bits per heavy atom. The van der Waals surface area contributed by atoms with Crippen molar-refractivity contribution in [2.45, 2.75) is 24.6 Å². The smallest absolute Gasteiger partial charge is 0.216 e. The summed E-state index contributed by atoms with van der Waals surface area (Å²) < 4.78 is 38.9. The molecule has 0 saturated carbocycles. The third-order valence-electron chi connectivity index (χ3n) is 2.92. The van der Waals surface area contributed by atoms with Crippen LogP contribution in [0.2, 0.25) is 0 Å². The molecule has 7 heteroatoms. The summed E-state index contributed by atoms with van der Waals surface area (Å²) in [5, 5.41) is 18.4. The van der Waals surface area contributed by atoms with Crippen molar-refractivity contribution in [1.29, 1.82) is 0 Å². The molecule has 0 aliphatic heterocycles. The monoisotopic (exact) mass is 291 g/mol. The van der Waals surface area contributed by atoms with Crippen LogP contribution < -0.4 is 4.72 Å². The molecule has 0 heterocycles. The summed E-state index contributed by atoms with van der Waals surface area (Å²) in [6, 6.07) is 5.10. The molecule has 19 heavy (non-hydrogen) atoms. The van der Waals surface area contributed by atoms with E-state index in [1.54, 1.807) is 6.92 Å². The molecule has 0 atom stereocenters. The predicted octanol–water partition coefficient (Wildman–Crippen LogP) is 0.379. The summed E-state index contributed by atoms with van der Waals surface area (Å²) in [7, 11) is -3.73. The second-order valence-electron chi connectivity index (χ2n) is 4.44. The fraction of sp³-hybridized carbons (Fsp3) is 0.500. The molecule has 1 aromatic rings. The largest absolute Gasteiger partial charge is 0.394 e. The van der Waals surface area contributed by atoms with Crippen LogP contribution in [0.15, 0.2) is 24.3 Å². The third-order valence-corrected chi connectivity index (χ3v) is 4.38. The molecule has 0 fully saturated rings. The van der Waals surface area contributed by atoms with E-state index in [2.05, 4.69) is 4.72 Å². The minimum Gasteiger partial charge on any atom is -0.394 e. The summed E-state index contributed by atoms with van der Waals surface area (Å²) in [4.78, 5) is 0. The third kappa shape index (κ3) is 4.54. The van der Waals surface area contributed by atoms with Crippen molar-refractivity contribution in [3.63, 3.8) is 0 Å². The van der Waals surface area contributed by atoms with Crippen LogP contribution in [-0.2, 0) is 15.8 Å². The number of rotatable bonds is 7. The van der Waals surface area contributed by atoms with Gasteiger partial charge in [-0.1, -0.05) is 19.1 Å². The molecule has 0 unspecified atom stereocenters. The molecule has 0 spiro atoms. The van der Waals surface area contributed by atoms with Crippen molar-refractivity contribution in [1.82, 2.24) is 4.72 Å². The molecule has 1 aromatic carbocycles. The average Bonchev–Trinajstić information content (AvgIpc) is 2.39. The Morgan fingerprint density at radius 3 is 2.16 bits per heavy atom. The predicted molar refractivity (Wildman–Crippen MR) is 69.4 cm³/mol. The number of hydrogen-bond donors (Lipinski definition) is 3. The van der Waals surface area contributed by atoms with Crippen LogP contribution in [-0.4, -0.2) is 37.4 Å². The summed E-state index contributed by atoms with van der Waals surface area (Å²) in [5.74, 6) is -0.780. The van der Waals surface area contributed by atoms with E-state index >= 15 is 0 Å². The van der Waals surface area contributed by atoms with E-state index in [0.717, 1.165) is 0 Å². The zero-order chi connectivity index (χ0) is 14.5.